The van der Waals surface area contributed by atoms with E-state index in [-0.39, 0.29) is 5.41 Å². The fourth-order valence-corrected chi connectivity index (χ4v) is 3.80. The molecule has 0 atom stereocenters. The first-order valence-corrected chi connectivity index (χ1v) is 10.3. The summed E-state index contributed by atoms with van der Waals surface area (Å²) in [6.07, 6.45) is 0. The van der Waals surface area contributed by atoms with Gasteiger partial charge >= 0.3 is 0 Å². The summed E-state index contributed by atoms with van der Waals surface area (Å²) in [5.74, 6) is 3.25. The second-order valence-corrected chi connectivity index (χ2v) is 9.03. The number of benzene rings is 1. The summed E-state index contributed by atoms with van der Waals surface area (Å²) in [6, 6.07) is 12.0. The van der Waals surface area contributed by atoms with Crippen LogP contribution < -0.4 is 10.2 Å². The van der Waals surface area contributed by atoms with E-state index in [4.69, 9.17) is 10.1 Å². The number of aryl methyl sites for hydroxylation is 1. The summed E-state index contributed by atoms with van der Waals surface area (Å²) >= 11 is 0. The summed E-state index contributed by atoms with van der Waals surface area (Å²) in [6.45, 7) is 11.2. The maximum absolute atomic E-state index is 4.80. The maximum Gasteiger partial charge on any atom is 0.178 e. The Kier molecular flexibility index (Phi) is 4.30. The van der Waals surface area contributed by atoms with Gasteiger partial charge in [-0.2, -0.15) is 4.52 Å². The van der Waals surface area contributed by atoms with Gasteiger partial charge in [-0.25, -0.2) is 9.97 Å². The number of hydrogen-bond acceptors (Lipinski definition) is 7. The zero-order chi connectivity index (χ0) is 20.9. The predicted octanol–water partition coefficient (Wildman–Crippen LogP) is 3.22. The molecule has 8 heteroatoms. The first kappa shape index (κ1) is 18.7. The Hall–Kier alpha value is -3.29. The minimum absolute atomic E-state index is 0.106. The van der Waals surface area contributed by atoms with Crippen molar-refractivity contribution in [1.29, 1.82) is 0 Å². The first-order valence-electron chi connectivity index (χ1n) is 10.3. The summed E-state index contributed by atoms with van der Waals surface area (Å²) in [7, 11) is 0. The lowest BCUT2D eigenvalue weighted by Crippen LogP contribution is -2.50. The van der Waals surface area contributed by atoms with Gasteiger partial charge in [-0.05, 0) is 31.2 Å². The van der Waals surface area contributed by atoms with E-state index < -0.39 is 0 Å². The number of hydrogen-bond donors (Lipinski definition) is 1. The number of fused-ring (bicyclic) bond motifs is 2. The highest BCUT2D eigenvalue weighted by molar-refractivity contribution is 5.76. The Bertz CT molecular complexity index is 1220. The van der Waals surface area contributed by atoms with Crippen LogP contribution in [0.25, 0.3) is 16.7 Å². The van der Waals surface area contributed by atoms with Crippen LogP contribution in [0.15, 0.2) is 36.4 Å². The topological polar surface area (TPSA) is 84.1 Å². The fraction of sp³-hybridized carbons (Fsp3) is 0.409. The van der Waals surface area contributed by atoms with Crippen molar-refractivity contribution in [2.75, 3.05) is 29.9 Å². The molecule has 1 aliphatic heterocycles. The molecule has 0 radical (unpaired) electrons. The highest BCUT2D eigenvalue weighted by Crippen LogP contribution is 2.26. The highest BCUT2D eigenvalue weighted by Gasteiger charge is 2.29. The Morgan fingerprint density at radius 2 is 1.73 bits per heavy atom. The van der Waals surface area contributed by atoms with Gasteiger partial charge < -0.3 is 10.2 Å². The van der Waals surface area contributed by atoms with Gasteiger partial charge in [0.15, 0.2) is 11.5 Å². The Labute approximate surface area is 175 Å². The van der Waals surface area contributed by atoms with Crippen LogP contribution >= 0.6 is 0 Å². The molecule has 30 heavy (non-hydrogen) atoms. The van der Waals surface area contributed by atoms with Crippen LogP contribution in [0.2, 0.25) is 0 Å². The van der Waals surface area contributed by atoms with Gasteiger partial charge in [0.05, 0.1) is 16.7 Å². The number of rotatable bonds is 4. The lowest BCUT2D eigenvalue weighted by Gasteiger charge is -2.40. The van der Waals surface area contributed by atoms with Crippen molar-refractivity contribution in [2.45, 2.75) is 33.1 Å². The SMILES string of the molecule is Cc1nc2ccccc2nc1NCC1CN(c2ccc3nnc(C(C)(C)C)n3n2)C1. The van der Waals surface area contributed by atoms with E-state index in [2.05, 4.69) is 46.2 Å². The molecule has 5 rings (SSSR count). The summed E-state index contributed by atoms with van der Waals surface area (Å²) in [4.78, 5) is 11.7. The average molecular weight is 403 g/mol. The molecule has 1 aliphatic rings. The standard InChI is InChI=1S/C22H26N8/c1-14-20(25-17-8-6-5-7-16(17)24-14)23-11-15-12-29(13-15)19-10-9-18-26-27-21(22(2,3)4)30(18)28-19/h5-10,15H,11-13H2,1-4H3,(H,23,25). The largest absolute Gasteiger partial charge is 0.368 e. The van der Waals surface area contributed by atoms with Crippen LogP contribution in [0.5, 0.6) is 0 Å². The molecule has 0 aliphatic carbocycles. The highest BCUT2D eigenvalue weighted by atomic mass is 15.4. The number of nitrogens with one attached hydrogen (secondary N) is 1. The number of anilines is 2. The van der Waals surface area contributed by atoms with Gasteiger partial charge in [-0.1, -0.05) is 32.9 Å². The molecule has 0 amide bonds. The molecule has 154 valence electrons. The van der Waals surface area contributed by atoms with Crippen molar-refractivity contribution >= 4 is 28.3 Å². The minimum atomic E-state index is -0.106. The molecular weight excluding hydrogens is 376 g/mol. The molecule has 4 heterocycles. The smallest absolute Gasteiger partial charge is 0.178 e. The van der Waals surface area contributed by atoms with Crippen LogP contribution in [0.3, 0.4) is 0 Å². The van der Waals surface area contributed by atoms with Gasteiger partial charge in [-0.3, -0.25) is 0 Å². The van der Waals surface area contributed by atoms with Gasteiger partial charge in [0, 0.05) is 31.0 Å². The van der Waals surface area contributed by atoms with Crippen LogP contribution in [0.4, 0.5) is 11.6 Å². The van der Waals surface area contributed by atoms with Gasteiger partial charge in [0.1, 0.15) is 11.6 Å². The first-order chi connectivity index (χ1) is 14.4. The zero-order valence-electron chi connectivity index (χ0n) is 17.8. The summed E-state index contributed by atoms with van der Waals surface area (Å²) in [5, 5.41) is 16.9. The molecule has 0 spiro atoms. The van der Waals surface area contributed by atoms with E-state index in [1.54, 1.807) is 0 Å². The van der Waals surface area contributed by atoms with E-state index in [0.29, 0.717) is 5.92 Å². The van der Waals surface area contributed by atoms with Crippen molar-refractivity contribution in [1.82, 2.24) is 29.8 Å². The molecular formula is C22H26N8. The molecule has 4 aromatic rings. The fourth-order valence-electron chi connectivity index (χ4n) is 3.80. The molecule has 8 nitrogen and oxygen atoms in total. The number of para-hydroxylation sites is 2. The van der Waals surface area contributed by atoms with Crippen molar-refractivity contribution in [3.63, 3.8) is 0 Å². The quantitative estimate of drug-likeness (QED) is 0.561. The minimum Gasteiger partial charge on any atom is -0.368 e. The van der Waals surface area contributed by atoms with E-state index in [9.17, 15) is 0 Å². The Morgan fingerprint density at radius 1 is 1.00 bits per heavy atom. The summed E-state index contributed by atoms with van der Waals surface area (Å²) < 4.78 is 1.87. The molecule has 0 bridgehead atoms. The zero-order valence-corrected chi connectivity index (χ0v) is 17.8. The van der Waals surface area contributed by atoms with Crippen LogP contribution in [0, 0.1) is 12.8 Å². The Balaban J connectivity index is 1.25. The number of nitrogens with zero attached hydrogens (tertiary/aromatic N) is 7. The van der Waals surface area contributed by atoms with Crippen LogP contribution in [0.1, 0.15) is 32.3 Å². The second kappa shape index (κ2) is 6.90. The summed E-state index contributed by atoms with van der Waals surface area (Å²) in [5.41, 5.74) is 3.46. The van der Waals surface area contributed by atoms with E-state index >= 15 is 0 Å². The monoisotopic (exact) mass is 402 g/mol. The van der Waals surface area contributed by atoms with Crippen molar-refractivity contribution in [3.8, 4) is 0 Å². The van der Waals surface area contributed by atoms with Crippen LogP contribution in [-0.4, -0.2) is 49.4 Å². The lowest BCUT2D eigenvalue weighted by molar-refractivity contribution is 0.423. The average Bonchev–Trinajstić information content (AvgIpc) is 3.10. The third kappa shape index (κ3) is 3.32. The van der Waals surface area contributed by atoms with Crippen LogP contribution in [-0.2, 0) is 5.41 Å². The molecule has 1 N–H and O–H groups in total. The maximum atomic E-state index is 4.80. The third-order valence-electron chi connectivity index (χ3n) is 5.50. The van der Waals surface area contributed by atoms with E-state index in [1.807, 2.05) is 47.8 Å². The predicted molar refractivity (Wildman–Crippen MR) is 118 cm³/mol. The van der Waals surface area contributed by atoms with E-state index in [1.165, 1.54) is 0 Å². The molecule has 1 aromatic carbocycles. The Morgan fingerprint density at radius 3 is 2.47 bits per heavy atom. The number of aromatic nitrogens is 6. The van der Waals surface area contributed by atoms with Gasteiger partial charge in [-0.15, -0.1) is 15.3 Å². The van der Waals surface area contributed by atoms with E-state index in [0.717, 1.165) is 59.5 Å². The lowest BCUT2D eigenvalue weighted by atomic mass is 9.96. The second-order valence-electron chi connectivity index (χ2n) is 9.03. The molecule has 0 unspecified atom stereocenters. The van der Waals surface area contributed by atoms with Gasteiger partial charge in [0.2, 0.25) is 0 Å². The molecule has 3 aromatic heterocycles. The normalized spacial score (nSPS) is 15.0. The van der Waals surface area contributed by atoms with Crippen molar-refractivity contribution < 1.29 is 0 Å². The van der Waals surface area contributed by atoms with Crippen molar-refractivity contribution in [3.05, 3.63) is 47.9 Å². The van der Waals surface area contributed by atoms with Crippen molar-refractivity contribution in [2.24, 2.45) is 5.92 Å². The third-order valence-corrected chi connectivity index (χ3v) is 5.50. The van der Waals surface area contributed by atoms with Gasteiger partial charge in [0.25, 0.3) is 0 Å². The molecule has 1 saturated heterocycles. The molecule has 1 fully saturated rings. The molecule has 0 saturated carbocycles.